The molecule has 0 atom stereocenters. The summed E-state index contributed by atoms with van der Waals surface area (Å²) in [4.78, 5) is 25.3. The number of H-pyrrole nitrogens is 1. The van der Waals surface area contributed by atoms with Crippen LogP contribution >= 0.6 is 24.8 Å². The predicted octanol–water partition coefficient (Wildman–Crippen LogP) is 1.38. The maximum Gasteiger partial charge on any atom is 0.266 e. The van der Waals surface area contributed by atoms with Gasteiger partial charge in [-0.2, -0.15) is 5.10 Å². The number of rotatable bonds is 4. The molecule has 3 N–H and O–H groups in total. The van der Waals surface area contributed by atoms with E-state index in [-0.39, 0.29) is 30.4 Å². The van der Waals surface area contributed by atoms with Crippen LogP contribution in [0.1, 0.15) is 5.82 Å². The third-order valence-corrected chi connectivity index (χ3v) is 4.59. The first-order valence-corrected chi connectivity index (χ1v) is 8.75. The number of benzene rings is 1. The molecule has 0 unspecified atom stereocenters. The van der Waals surface area contributed by atoms with Crippen LogP contribution in [0, 0.1) is 0 Å². The minimum absolute atomic E-state index is 0. The van der Waals surface area contributed by atoms with Crippen molar-refractivity contribution in [3.8, 4) is 0 Å². The van der Waals surface area contributed by atoms with Gasteiger partial charge in [0.2, 0.25) is 0 Å². The Balaban J connectivity index is 0.00000140. The van der Waals surface area contributed by atoms with Crippen molar-refractivity contribution in [3.63, 3.8) is 0 Å². The molecule has 0 amide bonds. The number of para-hydroxylation sites is 1. The lowest BCUT2D eigenvalue weighted by Crippen LogP contribution is -2.47. The lowest BCUT2D eigenvalue weighted by molar-refractivity contribution is 0.645. The Morgan fingerprint density at radius 1 is 1.04 bits per heavy atom. The molecule has 3 aromatic rings. The highest BCUT2D eigenvalue weighted by atomic mass is 35.5. The summed E-state index contributed by atoms with van der Waals surface area (Å²) in [7, 11) is 0. The van der Waals surface area contributed by atoms with Gasteiger partial charge in [-0.25, -0.2) is 15.1 Å². The van der Waals surface area contributed by atoms with E-state index in [0.717, 1.165) is 54.4 Å². The Morgan fingerprint density at radius 2 is 1.75 bits per heavy atom. The van der Waals surface area contributed by atoms with Crippen molar-refractivity contribution >= 4 is 47.2 Å². The highest BCUT2D eigenvalue weighted by Crippen LogP contribution is 2.25. The Kier molecular flexibility index (Phi) is 7.56. The minimum atomic E-state index is -0.182. The van der Waals surface area contributed by atoms with Crippen molar-refractivity contribution in [1.29, 1.82) is 0 Å². The van der Waals surface area contributed by atoms with E-state index in [1.807, 2.05) is 18.2 Å². The Morgan fingerprint density at radius 3 is 2.46 bits per heavy atom. The molecular formula is C18H23Cl2N7O. The molecule has 0 bridgehead atoms. The molecule has 2 aromatic heterocycles. The number of nitrogens with one attached hydrogen (secondary N) is 1. The predicted molar refractivity (Wildman–Crippen MR) is 116 cm³/mol. The molecule has 0 spiro atoms. The average Bonchev–Trinajstić information content (AvgIpc) is 2.68. The fraction of sp³-hybridized carbons (Fsp3) is 0.333. The molecule has 1 aromatic carbocycles. The lowest BCUT2D eigenvalue weighted by atomic mass is 10.2. The molecule has 0 radical (unpaired) electrons. The average molecular weight is 424 g/mol. The highest BCUT2D eigenvalue weighted by Gasteiger charge is 2.21. The van der Waals surface area contributed by atoms with Crippen molar-refractivity contribution in [1.82, 2.24) is 20.2 Å². The van der Waals surface area contributed by atoms with Crippen LogP contribution in [0.5, 0.6) is 0 Å². The fourth-order valence-electron chi connectivity index (χ4n) is 3.30. The number of hydrogen-bond acceptors (Lipinski definition) is 7. The van der Waals surface area contributed by atoms with Crippen molar-refractivity contribution < 1.29 is 0 Å². The Hall–Kier alpha value is -2.42. The molecule has 3 heterocycles. The summed E-state index contributed by atoms with van der Waals surface area (Å²) in [5.74, 6) is 1.74. The normalized spacial score (nSPS) is 13.8. The van der Waals surface area contributed by atoms with Crippen LogP contribution in [0.3, 0.4) is 0 Å². The third-order valence-electron chi connectivity index (χ3n) is 4.59. The molecule has 150 valence electrons. The van der Waals surface area contributed by atoms with Gasteiger partial charge in [0.25, 0.3) is 5.56 Å². The van der Waals surface area contributed by atoms with Gasteiger partial charge in [0.1, 0.15) is 11.6 Å². The molecule has 1 fully saturated rings. The maximum absolute atomic E-state index is 11.5. The van der Waals surface area contributed by atoms with E-state index in [0.29, 0.717) is 13.0 Å². The molecule has 0 saturated carbocycles. The van der Waals surface area contributed by atoms with E-state index in [1.165, 1.54) is 0 Å². The third kappa shape index (κ3) is 4.52. The van der Waals surface area contributed by atoms with Gasteiger partial charge in [0.05, 0.1) is 17.4 Å². The van der Waals surface area contributed by atoms with Crippen LogP contribution in [0.25, 0.3) is 10.9 Å². The molecular weight excluding hydrogens is 401 g/mol. The monoisotopic (exact) mass is 423 g/mol. The zero-order valence-corrected chi connectivity index (χ0v) is 16.9. The first kappa shape index (κ1) is 21.9. The standard InChI is InChI=1S/C18H21N7O.2ClH/c19-6-5-16-21-15-4-2-1-3-14(15)18(22-16)25-9-7-24(8-10-25)13-11-17(26)23-20-12-13;;/h1-4,11-12H,5-10,19H2,(H,23,26);2*1H. The summed E-state index contributed by atoms with van der Waals surface area (Å²) in [5.41, 5.74) is 7.31. The number of nitrogens with zero attached hydrogens (tertiary/aromatic N) is 5. The Labute approximate surface area is 175 Å². The fourth-order valence-corrected chi connectivity index (χ4v) is 3.30. The SMILES string of the molecule is Cl.Cl.NCCc1nc(N2CCN(c3cn[nH]c(=O)c3)CC2)c2ccccc2n1. The summed E-state index contributed by atoms with van der Waals surface area (Å²) >= 11 is 0. The molecule has 1 aliphatic rings. The molecule has 28 heavy (non-hydrogen) atoms. The quantitative estimate of drug-likeness (QED) is 0.652. The van der Waals surface area contributed by atoms with Gasteiger partial charge in [-0.05, 0) is 18.7 Å². The zero-order chi connectivity index (χ0) is 17.9. The zero-order valence-electron chi connectivity index (χ0n) is 15.2. The largest absolute Gasteiger partial charge is 0.367 e. The van der Waals surface area contributed by atoms with Crippen LogP contribution in [-0.2, 0) is 6.42 Å². The number of piperazine rings is 1. The van der Waals surface area contributed by atoms with Crippen LogP contribution < -0.4 is 21.1 Å². The topological polar surface area (TPSA) is 104 Å². The maximum atomic E-state index is 11.5. The summed E-state index contributed by atoms with van der Waals surface area (Å²) < 4.78 is 0. The van der Waals surface area contributed by atoms with E-state index in [2.05, 4.69) is 31.0 Å². The number of anilines is 2. The van der Waals surface area contributed by atoms with Crippen molar-refractivity contribution in [2.24, 2.45) is 5.73 Å². The van der Waals surface area contributed by atoms with Gasteiger partial charge >= 0.3 is 0 Å². The summed E-state index contributed by atoms with van der Waals surface area (Å²) in [6.07, 6.45) is 2.35. The van der Waals surface area contributed by atoms with Crippen LogP contribution in [0.4, 0.5) is 11.5 Å². The van der Waals surface area contributed by atoms with Gasteiger partial charge in [-0.1, -0.05) is 12.1 Å². The highest BCUT2D eigenvalue weighted by molar-refractivity contribution is 5.89. The van der Waals surface area contributed by atoms with Crippen LogP contribution in [0.2, 0.25) is 0 Å². The molecule has 8 nitrogen and oxygen atoms in total. The number of aromatic amines is 1. The lowest BCUT2D eigenvalue weighted by Gasteiger charge is -2.36. The van der Waals surface area contributed by atoms with E-state index >= 15 is 0 Å². The molecule has 0 aliphatic carbocycles. The molecule has 1 saturated heterocycles. The van der Waals surface area contributed by atoms with Crippen LogP contribution in [0.15, 0.2) is 41.3 Å². The van der Waals surface area contributed by atoms with E-state index in [1.54, 1.807) is 12.3 Å². The van der Waals surface area contributed by atoms with Crippen molar-refractivity contribution in [2.75, 3.05) is 42.5 Å². The molecule has 10 heteroatoms. The molecule has 1 aliphatic heterocycles. The van der Waals surface area contributed by atoms with Crippen molar-refractivity contribution in [3.05, 3.63) is 52.7 Å². The second kappa shape index (κ2) is 9.68. The van der Waals surface area contributed by atoms with E-state index in [9.17, 15) is 4.79 Å². The number of fused-ring (bicyclic) bond motifs is 1. The number of nitrogens with two attached hydrogens (primary N) is 1. The summed E-state index contributed by atoms with van der Waals surface area (Å²) in [5, 5.41) is 7.35. The minimum Gasteiger partial charge on any atom is -0.367 e. The number of aromatic nitrogens is 4. The van der Waals surface area contributed by atoms with Crippen LogP contribution in [-0.4, -0.2) is 52.9 Å². The first-order chi connectivity index (χ1) is 12.7. The van der Waals surface area contributed by atoms with Gasteiger partial charge in [-0.3, -0.25) is 4.79 Å². The summed E-state index contributed by atoms with van der Waals surface area (Å²) in [6.45, 7) is 3.76. The summed E-state index contributed by atoms with van der Waals surface area (Å²) in [6, 6.07) is 9.66. The second-order valence-electron chi connectivity index (χ2n) is 6.30. The first-order valence-electron chi connectivity index (χ1n) is 8.75. The van der Waals surface area contributed by atoms with Gasteiger partial charge in [0.15, 0.2) is 0 Å². The van der Waals surface area contributed by atoms with E-state index < -0.39 is 0 Å². The van der Waals surface area contributed by atoms with Crippen molar-refractivity contribution in [2.45, 2.75) is 6.42 Å². The van der Waals surface area contributed by atoms with Gasteiger partial charge < -0.3 is 15.5 Å². The second-order valence-corrected chi connectivity index (χ2v) is 6.30. The van der Waals surface area contributed by atoms with E-state index in [4.69, 9.17) is 10.7 Å². The molecule has 4 rings (SSSR count). The van der Waals surface area contributed by atoms with Gasteiger partial charge in [0, 0.05) is 44.1 Å². The number of hydrogen-bond donors (Lipinski definition) is 2. The van der Waals surface area contributed by atoms with Gasteiger partial charge in [-0.15, -0.1) is 24.8 Å². The smallest absolute Gasteiger partial charge is 0.266 e. The number of halogens is 2. The Bertz CT molecular complexity index is 973.